The number of hydrogen-bond acceptors (Lipinski definition) is 3. The topological polar surface area (TPSA) is 43.4 Å². The first-order valence-corrected chi connectivity index (χ1v) is 10.2. The number of Topliss-reactive ketones (excluding diaryl/α,β-unsaturated/α-hetero) is 2. The molecule has 0 aromatic heterocycles. The van der Waals surface area contributed by atoms with Crippen molar-refractivity contribution in [1.82, 2.24) is 0 Å². The fourth-order valence-electron chi connectivity index (χ4n) is 4.30. The molecule has 0 saturated heterocycles. The summed E-state index contributed by atoms with van der Waals surface area (Å²) in [6.07, 6.45) is 5.90. The highest BCUT2D eigenvalue weighted by molar-refractivity contribution is 9.10. The number of halogens is 1. The molecule has 26 heavy (non-hydrogen) atoms. The van der Waals surface area contributed by atoms with Crippen molar-refractivity contribution in [3.8, 4) is 0 Å². The Morgan fingerprint density at radius 1 is 1.38 bits per heavy atom. The third-order valence-electron chi connectivity index (χ3n) is 5.51. The van der Waals surface area contributed by atoms with E-state index in [-0.39, 0.29) is 17.5 Å². The Balaban J connectivity index is 2.15. The predicted octanol–water partition coefficient (Wildman–Crippen LogP) is 5.50. The predicted molar refractivity (Wildman–Crippen MR) is 106 cm³/mol. The summed E-state index contributed by atoms with van der Waals surface area (Å²) in [6, 6.07) is 7.96. The second-order valence-corrected chi connectivity index (χ2v) is 8.03. The molecule has 0 saturated carbocycles. The highest BCUT2D eigenvalue weighted by atomic mass is 79.9. The average molecular weight is 417 g/mol. The molecule has 1 heterocycles. The maximum Gasteiger partial charge on any atom is 0.212 e. The maximum atomic E-state index is 13.4. The zero-order chi connectivity index (χ0) is 18.7. The van der Waals surface area contributed by atoms with Crippen LogP contribution in [0.1, 0.15) is 56.9 Å². The van der Waals surface area contributed by atoms with Crippen LogP contribution in [0.4, 0.5) is 0 Å². The van der Waals surface area contributed by atoms with Crippen molar-refractivity contribution in [1.29, 1.82) is 0 Å². The van der Waals surface area contributed by atoms with Crippen LogP contribution in [0.5, 0.6) is 0 Å². The molecule has 2 atom stereocenters. The van der Waals surface area contributed by atoms with Crippen LogP contribution in [0.3, 0.4) is 0 Å². The van der Waals surface area contributed by atoms with Gasteiger partial charge in [0.15, 0.2) is 5.76 Å². The number of hydrogen-bond donors (Lipinski definition) is 0. The summed E-state index contributed by atoms with van der Waals surface area (Å²) in [5.41, 5.74) is 0.902. The Morgan fingerprint density at radius 2 is 2.12 bits per heavy atom. The van der Waals surface area contributed by atoms with E-state index >= 15 is 0 Å². The summed E-state index contributed by atoms with van der Waals surface area (Å²) in [4.78, 5) is 26.8. The lowest BCUT2D eigenvalue weighted by Crippen LogP contribution is -2.41. The molecule has 138 valence electrons. The lowest BCUT2D eigenvalue weighted by Gasteiger charge is -2.33. The quantitative estimate of drug-likeness (QED) is 0.435. The van der Waals surface area contributed by atoms with Gasteiger partial charge in [-0.05, 0) is 49.0 Å². The third kappa shape index (κ3) is 3.09. The minimum atomic E-state index is -1.10. The van der Waals surface area contributed by atoms with Crippen LogP contribution in [-0.2, 0) is 14.3 Å². The fraction of sp³-hybridized carbons (Fsp3) is 0.455. The Bertz CT molecular complexity index is 747. The zero-order valence-corrected chi connectivity index (χ0v) is 16.8. The molecule has 3 rings (SSSR count). The van der Waals surface area contributed by atoms with Crippen LogP contribution in [-0.4, -0.2) is 18.2 Å². The monoisotopic (exact) mass is 416 g/mol. The van der Waals surface area contributed by atoms with E-state index in [1.165, 1.54) is 0 Å². The molecular formula is C22H25BrO3. The van der Waals surface area contributed by atoms with Gasteiger partial charge in [-0.25, -0.2) is 0 Å². The summed E-state index contributed by atoms with van der Waals surface area (Å²) >= 11 is 3.47. The largest absolute Gasteiger partial charge is 0.490 e. The maximum absolute atomic E-state index is 13.4. The molecule has 3 nitrogen and oxygen atoms in total. The van der Waals surface area contributed by atoms with Crippen LogP contribution in [0.15, 0.2) is 52.7 Å². The molecule has 0 spiro atoms. The number of ketones is 2. The summed E-state index contributed by atoms with van der Waals surface area (Å²) < 4.78 is 6.76. The Kier molecular flexibility index (Phi) is 5.81. The van der Waals surface area contributed by atoms with E-state index in [2.05, 4.69) is 29.4 Å². The molecule has 1 aromatic carbocycles. The Morgan fingerprint density at radius 3 is 2.77 bits per heavy atom. The summed E-state index contributed by atoms with van der Waals surface area (Å²) in [6.45, 7) is 6.46. The van der Waals surface area contributed by atoms with Crippen molar-refractivity contribution in [2.24, 2.45) is 5.41 Å². The molecule has 1 aliphatic carbocycles. The molecule has 0 N–H and O–H groups in total. The van der Waals surface area contributed by atoms with Crippen molar-refractivity contribution in [2.45, 2.75) is 51.4 Å². The third-order valence-corrected chi connectivity index (χ3v) is 6.03. The van der Waals surface area contributed by atoms with Gasteiger partial charge in [0.05, 0.1) is 6.61 Å². The van der Waals surface area contributed by atoms with Gasteiger partial charge in [0, 0.05) is 16.8 Å². The number of carbonyl (C=O) groups is 2. The smallest absolute Gasteiger partial charge is 0.212 e. The van der Waals surface area contributed by atoms with E-state index in [4.69, 9.17) is 4.74 Å². The normalized spacial score (nSPS) is 25.0. The fourth-order valence-corrected chi connectivity index (χ4v) is 4.57. The van der Waals surface area contributed by atoms with Crippen molar-refractivity contribution >= 4 is 27.5 Å². The minimum Gasteiger partial charge on any atom is -0.490 e. The molecule has 4 heteroatoms. The summed E-state index contributed by atoms with van der Waals surface area (Å²) in [5.74, 6) is 0.0768. The van der Waals surface area contributed by atoms with Crippen LogP contribution < -0.4 is 0 Å². The van der Waals surface area contributed by atoms with Gasteiger partial charge in [0.2, 0.25) is 5.78 Å². The Hall–Kier alpha value is -1.68. The van der Waals surface area contributed by atoms with E-state index < -0.39 is 5.41 Å². The average Bonchev–Trinajstić information content (AvgIpc) is 2.91. The lowest BCUT2D eigenvalue weighted by atomic mass is 9.65. The molecule has 0 unspecified atom stereocenters. The van der Waals surface area contributed by atoms with Gasteiger partial charge in [0.1, 0.15) is 11.2 Å². The number of benzene rings is 1. The highest BCUT2D eigenvalue weighted by Crippen LogP contribution is 2.56. The van der Waals surface area contributed by atoms with Gasteiger partial charge in [-0.2, -0.15) is 0 Å². The molecule has 0 bridgehead atoms. The van der Waals surface area contributed by atoms with Gasteiger partial charge < -0.3 is 4.74 Å². The van der Waals surface area contributed by atoms with E-state index in [1.807, 2.05) is 24.3 Å². The molecule has 0 radical (unpaired) electrons. The van der Waals surface area contributed by atoms with Crippen LogP contribution in [0.25, 0.3) is 0 Å². The number of unbranched alkanes of at least 4 members (excludes halogenated alkanes) is 1. The van der Waals surface area contributed by atoms with E-state index in [1.54, 1.807) is 6.08 Å². The molecular weight excluding hydrogens is 392 g/mol. The van der Waals surface area contributed by atoms with Crippen molar-refractivity contribution < 1.29 is 14.3 Å². The van der Waals surface area contributed by atoms with Crippen LogP contribution in [0.2, 0.25) is 0 Å². The van der Waals surface area contributed by atoms with E-state index in [0.29, 0.717) is 25.2 Å². The zero-order valence-electron chi connectivity index (χ0n) is 15.2. The minimum absolute atomic E-state index is 0.0233. The van der Waals surface area contributed by atoms with E-state index in [9.17, 15) is 9.59 Å². The molecule has 1 aromatic rings. The second-order valence-electron chi connectivity index (χ2n) is 7.11. The van der Waals surface area contributed by atoms with E-state index in [0.717, 1.165) is 41.3 Å². The van der Waals surface area contributed by atoms with Gasteiger partial charge in [-0.1, -0.05) is 47.5 Å². The number of carbonyl (C=O) groups excluding carboxylic acids is 2. The summed E-state index contributed by atoms with van der Waals surface area (Å²) in [5, 5.41) is 0. The first kappa shape index (κ1) is 19.1. The number of rotatable bonds is 7. The molecule has 2 aliphatic rings. The van der Waals surface area contributed by atoms with Crippen LogP contribution in [0, 0.1) is 5.41 Å². The van der Waals surface area contributed by atoms with Crippen molar-refractivity contribution in [2.75, 3.05) is 6.61 Å². The lowest BCUT2D eigenvalue weighted by molar-refractivity contribution is -0.140. The van der Waals surface area contributed by atoms with Gasteiger partial charge >= 0.3 is 0 Å². The van der Waals surface area contributed by atoms with Gasteiger partial charge in [0.25, 0.3) is 0 Å². The molecule has 0 fully saturated rings. The SMILES string of the molecule is C=CC[C@@]1(C(=O)CCCC)C(=O)C2=C(CCCO2)[C@@H]1c1ccc(Br)cc1. The highest BCUT2D eigenvalue weighted by Gasteiger charge is 2.59. The van der Waals surface area contributed by atoms with Crippen LogP contribution >= 0.6 is 15.9 Å². The molecule has 1 aliphatic heterocycles. The second kappa shape index (κ2) is 7.91. The first-order chi connectivity index (χ1) is 12.6. The number of allylic oxidation sites excluding steroid dienone is 3. The van der Waals surface area contributed by atoms with Crippen molar-refractivity contribution in [3.05, 3.63) is 58.3 Å². The van der Waals surface area contributed by atoms with Gasteiger partial charge in [-0.15, -0.1) is 6.58 Å². The van der Waals surface area contributed by atoms with Crippen molar-refractivity contribution in [3.63, 3.8) is 0 Å². The summed E-state index contributed by atoms with van der Waals surface area (Å²) in [7, 11) is 0. The standard InChI is InChI=1S/C22H25BrO3/c1-3-5-8-18(24)22(13-4-2)19(15-9-11-16(23)12-10-15)17-7-6-14-26-20(17)21(22)25/h4,9-12,19H,2-3,5-8,13-14H2,1H3/t19-,22-/m0/s1. The Labute approximate surface area is 163 Å². The number of ether oxygens (including phenoxy) is 1. The molecule has 0 amide bonds. The van der Waals surface area contributed by atoms with Gasteiger partial charge in [-0.3, -0.25) is 9.59 Å². The first-order valence-electron chi connectivity index (χ1n) is 9.36.